The van der Waals surface area contributed by atoms with Gasteiger partial charge in [-0.2, -0.15) is 0 Å². The number of nitrogens with zero attached hydrogens (tertiary/aromatic N) is 2. The van der Waals surface area contributed by atoms with Crippen LogP contribution in [0, 0.1) is 17.8 Å². The van der Waals surface area contributed by atoms with Gasteiger partial charge >= 0.3 is 0 Å². The number of hydrogen-bond acceptors (Lipinski definition) is 2. The fourth-order valence-corrected chi connectivity index (χ4v) is 4.11. The van der Waals surface area contributed by atoms with Crippen molar-refractivity contribution >= 4 is 0 Å². The number of hydrogen-bond donors (Lipinski definition) is 1. The van der Waals surface area contributed by atoms with Gasteiger partial charge in [0.15, 0.2) is 0 Å². The lowest BCUT2D eigenvalue weighted by molar-refractivity contribution is 0.411. The molecular formula is C16H27N3. The first-order valence-electron chi connectivity index (χ1n) is 8.11. The van der Waals surface area contributed by atoms with Gasteiger partial charge in [0.1, 0.15) is 5.82 Å². The van der Waals surface area contributed by atoms with E-state index in [1.165, 1.54) is 37.9 Å². The average Bonchev–Trinajstić information content (AvgIpc) is 2.96. The second-order valence-electron chi connectivity index (χ2n) is 6.19. The zero-order valence-corrected chi connectivity index (χ0v) is 12.3. The molecule has 2 fully saturated rings. The maximum absolute atomic E-state index is 4.66. The predicted octanol–water partition coefficient (Wildman–Crippen LogP) is 3.38. The van der Waals surface area contributed by atoms with E-state index < -0.39 is 0 Å². The van der Waals surface area contributed by atoms with Crippen LogP contribution in [-0.4, -0.2) is 16.1 Å². The first-order chi connectivity index (χ1) is 9.36. The highest BCUT2D eigenvalue weighted by Gasteiger charge is 2.55. The molecule has 0 spiro atoms. The standard InChI is InChI=1S/C16H27N3/c1-3-9-17-15(16-18-10-11-19(16)4-2)14-12-7-5-6-8-13(12)14/h10-15,17H,3-9H2,1-2H3. The molecule has 2 aliphatic rings. The van der Waals surface area contributed by atoms with Crippen LogP contribution >= 0.6 is 0 Å². The normalized spacial score (nSPS) is 30.9. The Labute approximate surface area is 116 Å². The smallest absolute Gasteiger partial charge is 0.126 e. The minimum Gasteiger partial charge on any atom is -0.334 e. The first kappa shape index (κ1) is 13.2. The summed E-state index contributed by atoms with van der Waals surface area (Å²) in [6.45, 7) is 6.59. The maximum Gasteiger partial charge on any atom is 0.126 e. The summed E-state index contributed by atoms with van der Waals surface area (Å²) in [5.41, 5.74) is 0. The molecule has 106 valence electrons. The molecular weight excluding hydrogens is 234 g/mol. The highest BCUT2D eigenvalue weighted by atomic mass is 15.1. The van der Waals surface area contributed by atoms with E-state index in [4.69, 9.17) is 0 Å². The summed E-state index contributed by atoms with van der Waals surface area (Å²) in [6.07, 6.45) is 11.1. The Morgan fingerprint density at radius 2 is 2.05 bits per heavy atom. The second kappa shape index (κ2) is 5.66. The third kappa shape index (κ3) is 2.45. The Morgan fingerprint density at radius 1 is 1.32 bits per heavy atom. The predicted molar refractivity (Wildman–Crippen MR) is 77.9 cm³/mol. The van der Waals surface area contributed by atoms with Gasteiger partial charge in [-0.25, -0.2) is 4.98 Å². The monoisotopic (exact) mass is 261 g/mol. The zero-order chi connectivity index (χ0) is 13.2. The molecule has 3 unspecified atom stereocenters. The van der Waals surface area contributed by atoms with Gasteiger partial charge in [-0.15, -0.1) is 0 Å². The Balaban J connectivity index is 1.78. The summed E-state index contributed by atoms with van der Waals surface area (Å²) < 4.78 is 2.32. The molecule has 0 aromatic carbocycles. The third-order valence-corrected chi connectivity index (χ3v) is 5.09. The van der Waals surface area contributed by atoms with Crippen molar-refractivity contribution in [1.82, 2.24) is 14.9 Å². The van der Waals surface area contributed by atoms with Crippen molar-refractivity contribution in [3.05, 3.63) is 18.2 Å². The van der Waals surface area contributed by atoms with Crippen LogP contribution in [0.5, 0.6) is 0 Å². The van der Waals surface area contributed by atoms with E-state index in [9.17, 15) is 0 Å². The molecule has 1 aromatic rings. The number of rotatable bonds is 6. The summed E-state index contributed by atoms with van der Waals surface area (Å²) in [5, 5.41) is 3.78. The molecule has 1 aromatic heterocycles. The highest BCUT2D eigenvalue weighted by molar-refractivity contribution is 5.12. The van der Waals surface area contributed by atoms with Crippen LogP contribution in [0.25, 0.3) is 0 Å². The number of nitrogens with one attached hydrogen (secondary N) is 1. The molecule has 3 nitrogen and oxygen atoms in total. The van der Waals surface area contributed by atoms with Gasteiger partial charge < -0.3 is 9.88 Å². The van der Waals surface area contributed by atoms with Gasteiger partial charge in [-0.3, -0.25) is 0 Å². The van der Waals surface area contributed by atoms with Crippen molar-refractivity contribution < 1.29 is 0 Å². The summed E-state index contributed by atoms with van der Waals surface area (Å²) in [5.74, 6) is 4.08. The van der Waals surface area contributed by atoms with E-state index in [1.807, 2.05) is 6.20 Å². The van der Waals surface area contributed by atoms with Gasteiger partial charge in [-0.05, 0) is 50.5 Å². The van der Waals surface area contributed by atoms with Crippen LogP contribution in [0.4, 0.5) is 0 Å². The topological polar surface area (TPSA) is 29.9 Å². The summed E-state index contributed by atoms with van der Waals surface area (Å²) in [7, 11) is 0. The van der Waals surface area contributed by atoms with Gasteiger partial charge in [-0.1, -0.05) is 19.8 Å². The fraction of sp³-hybridized carbons (Fsp3) is 0.812. The second-order valence-corrected chi connectivity index (χ2v) is 6.19. The largest absolute Gasteiger partial charge is 0.334 e. The number of fused-ring (bicyclic) bond motifs is 1. The van der Waals surface area contributed by atoms with Gasteiger partial charge in [0, 0.05) is 18.9 Å². The van der Waals surface area contributed by atoms with E-state index >= 15 is 0 Å². The Hall–Kier alpha value is -0.830. The summed E-state index contributed by atoms with van der Waals surface area (Å²) in [4.78, 5) is 4.66. The van der Waals surface area contributed by atoms with Crippen molar-refractivity contribution in [1.29, 1.82) is 0 Å². The van der Waals surface area contributed by atoms with Crippen molar-refractivity contribution in [2.24, 2.45) is 17.8 Å². The SMILES string of the molecule is CCCNC(c1nccn1CC)C1C2CCCCC21. The number of aryl methyl sites for hydroxylation is 1. The molecule has 19 heavy (non-hydrogen) atoms. The average molecular weight is 261 g/mol. The summed E-state index contributed by atoms with van der Waals surface area (Å²) in [6, 6.07) is 0.489. The summed E-state index contributed by atoms with van der Waals surface area (Å²) >= 11 is 0. The molecule has 0 amide bonds. The quantitative estimate of drug-likeness (QED) is 0.850. The minimum absolute atomic E-state index is 0.489. The maximum atomic E-state index is 4.66. The van der Waals surface area contributed by atoms with Crippen LogP contribution in [0.3, 0.4) is 0 Å². The third-order valence-electron chi connectivity index (χ3n) is 5.09. The fourth-order valence-electron chi connectivity index (χ4n) is 4.11. The lowest BCUT2D eigenvalue weighted by Gasteiger charge is -2.19. The van der Waals surface area contributed by atoms with E-state index in [0.29, 0.717) is 6.04 Å². The van der Waals surface area contributed by atoms with Crippen molar-refractivity contribution in [3.8, 4) is 0 Å². The number of aromatic nitrogens is 2. The molecule has 2 saturated carbocycles. The van der Waals surface area contributed by atoms with E-state index in [0.717, 1.165) is 30.8 Å². The van der Waals surface area contributed by atoms with Crippen molar-refractivity contribution in [3.63, 3.8) is 0 Å². The van der Waals surface area contributed by atoms with Gasteiger partial charge in [0.2, 0.25) is 0 Å². The molecule has 0 aliphatic heterocycles. The van der Waals surface area contributed by atoms with Crippen LogP contribution < -0.4 is 5.32 Å². The van der Waals surface area contributed by atoms with E-state index in [-0.39, 0.29) is 0 Å². The Morgan fingerprint density at radius 3 is 2.68 bits per heavy atom. The molecule has 3 atom stereocenters. The van der Waals surface area contributed by atoms with E-state index in [1.54, 1.807) is 0 Å². The lowest BCUT2D eigenvalue weighted by Crippen LogP contribution is -2.27. The van der Waals surface area contributed by atoms with Crippen LogP contribution in [-0.2, 0) is 6.54 Å². The van der Waals surface area contributed by atoms with Crippen LogP contribution in [0.2, 0.25) is 0 Å². The molecule has 1 N–H and O–H groups in total. The molecule has 0 saturated heterocycles. The molecule has 3 rings (SSSR count). The Kier molecular flexibility index (Phi) is 3.92. The lowest BCUT2D eigenvalue weighted by atomic mass is 10.0. The molecule has 1 heterocycles. The molecule has 3 heteroatoms. The molecule has 0 radical (unpaired) electrons. The Bertz CT molecular complexity index is 400. The molecule has 2 aliphatic carbocycles. The van der Waals surface area contributed by atoms with E-state index in [2.05, 4.69) is 34.9 Å². The first-order valence-corrected chi connectivity index (χ1v) is 8.11. The highest BCUT2D eigenvalue weighted by Crippen LogP contribution is 2.60. The van der Waals surface area contributed by atoms with Crippen LogP contribution in [0.1, 0.15) is 57.8 Å². The van der Waals surface area contributed by atoms with Gasteiger partial charge in [0.05, 0.1) is 6.04 Å². The van der Waals surface area contributed by atoms with Crippen LogP contribution in [0.15, 0.2) is 12.4 Å². The minimum atomic E-state index is 0.489. The van der Waals surface area contributed by atoms with Crippen molar-refractivity contribution in [2.75, 3.05) is 6.54 Å². The molecule has 0 bridgehead atoms. The number of imidazole rings is 1. The van der Waals surface area contributed by atoms with Crippen molar-refractivity contribution in [2.45, 2.75) is 58.5 Å². The van der Waals surface area contributed by atoms with Gasteiger partial charge in [0.25, 0.3) is 0 Å². The zero-order valence-electron chi connectivity index (χ0n) is 12.3.